The van der Waals surface area contributed by atoms with Gasteiger partial charge in [0.05, 0.1) is 12.3 Å². The zero-order valence-electron chi connectivity index (χ0n) is 17.8. The minimum Gasteiger partial charge on any atom is -0.384 e. The van der Waals surface area contributed by atoms with E-state index in [9.17, 15) is 4.39 Å². The molecular formula is C22H25FN8. The Labute approximate surface area is 180 Å². The third-order valence-electron chi connectivity index (χ3n) is 5.31. The molecule has 0 saturated heterocycles. The van der Waals surface area contributed by atoms with Crippen LogP contribution < -0.4 is 5.73 Å². The Bertz CT molecular complexity index is 1150. The molecule has 31 heavy (non-hydrogen) atoms. The molecule has 0 bridgehead atoms. The monoisotopic (exact) mass is 420 g/mol. The van der Waals surface area contributed by atoms with Crippen LogP contribution in [0.1, 0.15) is 39.1 Å². The second kappa shape index (κ2) is 8.17. The number of nitrogens with two attached hydrogens (primary N) is 1. The Morgan fingerprint density at radius 1 is 1.32 bits per heavy atom. The average molecular weight is 420 g/mol. The molecular weight excluding hydrogens is 395 g/mol. The second-order valence-corrected chi connectivity index (χ2v) is 7.56. The van der Waals surface area contributed by atoms with Crippen molar-refractivity contribution in [1.82, 2.24) is 29.2 Å². The summed E-state index contributed by atoms with van der Waals surface area (Å²) in [5, 5.41) is 8.40. The van der Waals surface area contributed by atoms with E-state index in [-0.39, 0.29) is 17.9 Å². The van der Waals surface area contributed by atoms with Crippen LogP contribution in [0.25, 0.3) is 22.9 Å². The van der Waals surface area contributed by atoms with Crippen molar-refractivity contribution in [3.8, 4) is 11.4 Å². The van der Waals surface area contributed by atoms with Crippen molar-refractivity contribution in [3.05, 3.63) is 67.0 Å². The van der Waals surface area contributed by atoms with E-state index < -0.39 is 0 Å². The van der Waals surface area contributed by atoms with Crippen LogP contribution in [0.2, 0.25) is 0 Å². The van der Waals surface area contributed by atoms with E-state index in [0.29, 0.717) is 23.2 Å². The smallest absolute Gasteiger partial charge is 0.160 e. The SMILES string of the molecule is C=C(/N=C\C1=C(N)N(C(C)C)[C@H](CC)c2nncn21)n1ccnc1-c1ccc(F)cc1. The van der Waals surface area contributed by atoms with Gasteiger partial charge in [-0.15, -0.1) is 10.2 Å². The quantitative estimate of drug-likeness (QED) is 0.614. The number of benzene rings is 1. The number of aromatic nitrogens is 5. The molecule has 9 heteroatoms. The molecule has 2 aromatic heterocycles. The number of imidazole rings is 1. The first-order valence-electron chi connectivity index (χ1n) is 10.1. The van der Waals surface area contributed by atoms with E-state index in [1.54, 1.807) is 41.6 Å². The number of rotatable bonds is 6. The van der Waals surface area contributed by atoms with Crippen LogP contribution in [0.5, 0.6) is 0 Å². The lowest BCUT2D eigenvalue weighted by Crippen LogP contribution is -2.42. The molecule has 4 rings (SSSR count). The normalized spacial score (nSPS) is 16.4. The fourth-order valence-corrected chi connectivity index (χ4v) is 3.87. The molecule has 1 atom stereocenters. The number of aliphatic imine (C=N–C) groups is 1. The molecule has 2 N–H and O–H groups in total. The van der Waals surface area contributed by atoms with Gasteiger partial charge in [0, 0.05) is 24.0 Å². The Hall–Kier alpha value is -3.75. The number of hydrogen-bond donors (Lipinski definition) is 1. The summed E-state index contributed by atoms with van der Waals surface area (Å²) in [5.41, 5.74) is 8.00. The van der Waals surface area contributed by atoms with Crippen LogP contribution in [0, 0.1) is 5.82 Å². The lowest BCUT2D eigenvalue weighted by Gasteiger charge is -2.40. The van der Waals surface area contributed by atoms with Crippen molar-refractivity contribution in [1.29, 1.82) is 0 Å². The van der Waals surface area contributed by atoms with Gasteiger partial charge in [0.15, 0.2) is 5.82 Å². The maximum atomic E-state index is 13.3. The molecule has 1 aliphatic rings. The van der Waals surface area contributed by atoms with Crippen LogP contribution in [0.4, 0.5) is 4.39 Å². The van der Waals surface area contributed by atoms with Gasteiger partial charge in [-0.05, 0) is 44.5 Å². The summed E-state index contributed by atoms with van der Waals surface area (Å²) < 4.78 is 16.9. The van der Waals surface area contributed by atoms with Crippen LogP contribution >= 0.6 is 0 Å². The highest BCUT2D eigenvalue weighted by Crippen LogP contribution is 2.34. The van der Waals surface area contributed by atoms with Gasteiger partial charge in [0.2, 0.25) is 0 Å². The predicted octanol–water partition coefficient (Wildman–Crippen LogP) is 3.74. The van der Waals surface area contributed by atoms with Gasteiger partial charge in [0.25, 0.3) is 0 Å². The Morgan fingerprint density at radius 3 is 2.74 bits per heavy atom. The molecule has 3 heterocycles. The molecule has 0 fully saturated rings. The molecule has 0 unspecified atom stereocenters. The summed E-state index contributed by atoms with van der Waals surface area (Å²) >= 11 is 0. The highest BCUT2D eigenvalue weighted by Gasteiger charge is 2.33. The first kappa shape index (κ1) is 20.5. The zero-order valence-corrected chi connectivity index (χ0v) is 17.8. The summed E-state index contributed by atoms with van der Waals surface area (Å²) in [6.07, 6.45) is 7.57. The molecule has 1 aliphatic heterocycles. The van der Waals surface area contributed by atoms with E-state index in [2.05, 4.69) is 52.4 Å². The first-order chi connectivity index (χ1) is 14.9. The summed E-state index contributed by atoms with van der Waals surface area (Å²) in [7, 11) is 0. The van der Waals surface area contributed by atoms with E-state index in [4.69, 9.17) is 5.73 Å². The van der Waals surface area contributed by atoms with Crippen molar-refractivity contribution in [2.75, 3.05) is 0 Å². The summed E-state index contributed by atoms with van der Waals surface area (Å²) in [6, 6.07) is 6.35. The van der Waals surface area contributed by atoms with E-state index in [0.717, 1.165) is 17.8 Å². The molecule has 1 aromatic carbocycles. The Morgan fingerprint density at radius 2 is 2.06 bits per heavy atom. The molecule has 3 aromatic rings. The number of allylic oxidation sites excluding steroid dienone is 1. The van der Waals surface area contributed by atoms with E-state index in [1.165, 1.54) is 12.1 Å². The van der Waals surface area contributed by atoms with Gasteiger partial charge in [-0.2, -0.15) is 0 Å². The van der Waals surface area contributed by atoms with Crippen LogP contribution in [0.15, 0.2) is 60.4 Å². The molecule has 8 nitrogen and oxygen atoms in total. The van der Waals surface area contributed by atoms with Gasteiger partial charge in [-0.25, -0.2) is 14.4 Å². The largest absolute Gasteiger partial charge is 0.384 e. The number of fused-ring (bicyclic) bond motifs is 1. The third kappa shape index (κ3) is 3.63. The molecule has 0 spiro atoms. The standard InChI is InChI=1S/C22H25FN8/c1-5-18-22-28-27-13-30(22)19(20(24)31(18)14(2)3)12-26-15(4)29-11-10-25-21(29)16-6-8-17(23)9-7-16/h6-14,18H,4-5,24H2,1-3H3/b26-12-/t18-/m1/s1. The molecule has 160 valence electrons. The maximum absolute atomic E-state index is 13.3. The molecule has 0 radical (unpaired) electrons. The second-order valence-electron chi connectivity index (χ2n) is 7.56. The van der Waals surface area contributed by atoms with E-state index >= 15 is 0 Å². The molecule has 0 amide bonds. The van der Waals surface area contributed by atoms with Gasteiger partial charge < -0.3 is 10.6 Å². The van der Waals surface area contributed by atoms with E-state index in [1.807, 2.05) is 4.57 Å². The van der Waals surface area contributed by atoms with Crippen molar-refractivity contribution in [2.45, 2.75) is 39.3 Å². The van der Waals surface area contributed by atoms with Crippen molar-refractivity contribution in [3.63, 3.8) is 0 Å². The van der Waals surface area contributed by atoms with Crippen molar-refractivity contribution < 1.29 is 4.39 Å². The zero-order chi connectivity index (χ0) is 22.1. The number of nitrogens with zero attached hydrogens (tertiary/aromatic N) is 7. The number of halogens is 1. The first-order valence-corrected chi connectivity index (χ1v) is 10.1. The minimum atomic E-state index is -0.303. The van der Waals surface area contributed by atoms with Gasteiger partial charge in [-0.1, -0.05) is 13.5 Å². The van der Waals surface area contributed by atoms with Crippen molar-refractivity contribution in [2.24, 2.45) is 10.7 Å². The highest BCUT2D eigenvalue weighted by atomic mass is 19.1. The minimum absolute atomic E-state index is 0.0431. The fourth-order valence-electron chi connectivity index (χ4n) is 3.87. The van der Waals surface area contributed by atoms with Crippen molar-refractivity contribution >= 4 is 17.7 Å². The number of hydrogen-bond acceptors (Lipinski definition) is 6. The lowest BCUT2D eigenvalue weighted by atomic mass is 10.1. The maximum Gasteiger partial charge on any atom is 0.160 e. The highest BCUT2D eigenvalue weighted by molar-refractivity contribution is 6.05. The fraction of sp³-hybridized carbons (Fsp3) is 0.273. The average Bonchev–Trinajstić information content (AvgIpc) is 3.42. The predicted molar refractivity (Wildman–Crippen MR) is 119 cm³/mol. The van der Waals surface area contributed by atoms with Crippen LogP contribution in [0.3, 0.4) is 0 Å². The van der Waals surface area contributed by atoms with Crippen LogP contribution in [-0.4, -0.2) is 41.5 Å². The molecule has 0 saturated carbocycles. The Kier molecular flexibility index (Phi) is 5.41. The van der Waals surface area contributed by atoms with Gasteiger partial charge in [-0.3, -0.25) is 9.13 Å². The van der Waals surface area contributed by atoms with Gasteiger partial charge >= 0.3 is 0 Å². The topological polar surface area (TPSA) is 90.2 Å². The summed E-state index contributed by atoms with van der Waals surface area (Å²) in [4.78, 5) is 11.1. The van der Waals surface area contributed by atoms with Crippen LogP contribution in [-0.2, 0) is 0 Å². The Balaban J connectivity index is 1.69. The summed E-state index contributed by atoms with van der Waals surface area (Å²) in [6.45, 7) is 10.4. The lowest BCUT2D eigenvalue weighted by molar-refractivity contribution is 0.182. The van der Waals surface area contributed by atoms with Gasteiger partial charge in [0.1, 0.15) is 35.3 Å². The summed E-state index contributed by atoms with van der Waals surface area (Å²) in [5.74, 6) is 2.19. The third-order valence-corrected chi connectivity index (χ3v) is 5.31. The molecule has 0 aliphatic carbocycles.